The summed E-state index contributed by atoms with van der Waals surface area (Å²) in [6.07, 6.45) is 1.68. The van der Waals surface area contributed by atoms with Crippen molar-refractivity contribution in [1.82, 2.24) is 19.9 Å². The van der Waals surface area contributed by atoms with Crippen molar-refractivity contribution in [2.45, 2.75) is 13.1 Å². The largest absolute Gasteiger partial charge is 0.355 e. The van der Waals surface area contributed by atoms with Gasteiger partial charge in [0.05, 0.1) is 5.52 Å². The number of hydrogen-bond donors (Lipinski definition) is 3. The van der Waals surface area contributed by atoms with Gasteiger partial charge in [0, 0.05) is 18.3 Å². The van der Waals surface area contributed by atoms with Gasteiger partial charge >= 0.3 is 5.69 Å². The summed E-state index contributed by atoms with van der Waals surface area (Å²) in [5.41, 5.74) is 2.08. The molecule has 2 aromatic carbocycles. The van der Waals surface area contributed by atoms with E-state index in [9.17, 15) is 14.4 Å². The van der Waals surface area contributed by atoms with Gasteiger partial charge < -0.3 is 15.3 Å². The van der Waals surface area contributed by atoms with Gasteiger partial charge in [0.1, 0.15) is 12.1 Å². The van der Waals surface area contributed by atoms with E-state index in [-0.39, 0.29) is 12.1 Å². The van der Waals surface area contributed by atoms with Crippen LogP contribution < -0.4 is 16.6 Å². The Balaban J connectivity index is 1.61. The zero-order valence-electron chi connectivity index (χ0n) is 14.9. The van der Waals surface area contributed by atoms with Crippen molar-refractivity contribution in [3.8, 4) is 11.1 Å². The molecule has 0 radical (unpaired) electrons. The van der Waals surface area contributed by atoms with Crippen LogP contribution in [0.15, 0.2) is 76.4 Å². The minimum atomic E-state index is -0.621. The van der Waals surface area contributed by atoms with Gasteiger partial charge in [-0.05, 0) is 11.1 Å². The molecular formula is C21H18N4O3. The topological polar surface area (TPSA) is 99.8 Å². The molecule has 4 aromatic rings. The number of H-pyrrole nitrogens is 2. The lowest BCUT2D eigenvalue weighted by Gasteiger charge is -2.07. The minimum Gasteiger partial charge on any atom is -0.355 e. The zero-order valence-corrected chi connectivity index (χ0v) is 14.9. The van der Waals surface area contributed by atoms with E-state index in [1.165, 1.54) is 0 Å². The summed E-state index contributed by atoms with van der Waals surface area (Å²) in [6.45, 7) is -0.0220. The smallest absolute Gasteiger partial charge is 0.329 e. The molecule has 0 unspecified atom stereocenters. The highest BCUT2D eigenvalue weighted by molar-refractivity contribution is 5.91. The first-order valence-electron chi connectivity index (χ1n) is 8.84. The molecular weight excluding hydrogens is 356 g/mol. The highest BCUT2D eigenvalue weighted by atomic mass is 16.2. The number of rotatable bonds is 5. The van der Waals surface area contributed by atoms with Crippen LogP contribution in [0.4, 0.5) is 0 Å². The molecule has 0 saturated heterocycles. The Labute approximate surface area is 159 Å². The number of nitrogens with one attached hydrogen (secondary N) is 3. The number of aromatic amines is 2. The van der Waals surface area contributed by atoms with Crippen molar-refractivity contribution in [2.24, 2.45) is 0 Å². The van der Waals surface area contributed by atoms with Crippen molar-refractivity contribution in [3.05, 3.63) is 93.3 Å². The van der Waals surface area contributed by atoms with E-state index >= 15 is 0 Å². The van der Waals surface area contributed by atoms with E-state index in [2.05, 4.69) is 15.3 Å². The second kappa shape index (κ2) is 7.40. The summed E-state index contributed by atoms with van der Waals surface area (Å²) in [5.74, 6) is -0.411. The number of benzene rings is 2. The molecule has 0 atom stereocenters. The molecule has 140 valence electrons. The number of carbonyl (C=O) groups is 1. The van der Waals surface area contributed by atoms with Gasteiger partial charge in [0.15, 0.2) is 0 Å². The maximum Gasteiger partial charge on any atom is 0.329 e. The summed E-state index contributed by atoms with van der Waals surface area (Å²) >= 11 is 0. The van der Waals surface area contributed by atoms with Gasteiger partial charge in [-0.15, -0.1) is 0 Å². The van der Waals surface area contributed by atoms with Gasteiger partial charge in [-0.25, -0.2) is 9.36 Å². The third-order valence-corrected chi connectivity index (χ3v) is 4.54. The average Bonchev–Trinajstić information content (AvgIpc) is 3.15. The quantitative estimate of drug-likeness (QED) is 0.498. The predicted octanol–water partition coefficient (Wildman–Crippen LogP) is 2.00. The van der Waals surface area contributed by atoms with Gasteiger partial charge in [0.2, 0.25) is 5.91 Å². The third-order valence-electron chi connectivity index (χ3n) is 4.54. The van der Waals surface area contributed by atoms with Crippen molar-refractivity contribution < 1.29 is 4.79 Å². The van der Waals surface area contributed by atoms with Crippen molar-refractivity contribution in [2.75, 3.05) is 0 Å². The van der Waals surface area contributed by atoms with Crippen LogP contribution >= 0.6 is 0 Å². The number of aromatic nitrogens is 3. The monoisotopic (exact) mass is 374 g/mol. The van der Waals surface area contributed by atoms with Crippen LogP contribution in [0.5, 0.6) is 0 Å². The SMILES string of the molecule is O=C(Cn1c(=O)[nH]c2c(-c3ccccc3)c[nH]c2c1=O)NCc1ccccc1. The summed E-state index contributed by atoms with van der Waals surface area (Å²) in [5, 5.41) is 2.72. The molecule has 0 aliphatic rings. The molecule has 7 nitrogen and oxygen atoms in total. The van der Waals surface area contributed by atoms with Crippen LogP contribution in [0.1, 0.15) is 5.56 Å². The van der Waals surface area contributed by atoms with E-state index in [1.54, 1.807) is 6.20 Å². The Morgan fingerprint density at radius 2 is 1.61 bits per heavy atom. The molecule has 3 N–H and O–H groups in total. The summed E-state index contributed by atoms with van der Waals surface area (Å²) in [6, 6.07) is 18.8. The van der Waals surface area contributed by atoms with Crippen LogP contribution in [-0.2, 0) is 17.9 Å². The number of nitrogens with zero attached hydrogens (tertiary/aromatic N) is 1. The van der Waals surface area contributed by atoms with E-state index in [0.29, 0.717) is 12.1 Å². The maximum atomic E-state index is 12.7. The first-order valence-corrected chi connectivity index (χ1v) is 8.84. The summed E-state index contributed by atoms with van der Waals surface area (Å²) < 4.78 is 0.897. The lowest BCUT2D eigenvalue weighted by atomic mass is 10.1. The Kier molecular flexibility index (Phi) is 4.63. The molecule has 28 heavy (non-hydrogen) atoms. The molecule has 0 saturated carbocycles. The van der Waals surface area contributed by atoms with Crippen LogP contribution in [-0.4, -0.2) is 20.4 Å². The summed E-state index contributed by atoms with van der Waals surface area (Å²) in [4.78, 5) is 43.1. The van der Waals surface area contributed by atoms with Crippen molar-refractivity contribution >= 4 is 16.9 Å². The van der Waals surface area contributed by atoms with Crippen LogP contribution in [0, 0.1) is 0 Å². The van der Waals surface area contributed by atoms with Crippen LogP contribution in [0.25, 0.3) is 22.2 Å². The van der Waals surface area contributed by atoms with E-state index in [1.807, 2.05) is 60.7 Å². The van der Waals surface area contributed by atoms with E-state index in [4.69, 9.17) is 0 Å². The first-order chi connectivity index (χ1) is 13.6. The number of carbonyl (C=O) groups excluding carboxylic acids is 1. The Morgan fingerprint density at radius 1 is 0.929 bits per heavy atom. The second-order valence-corrected chi connectivity index (χ2v) is 6.40. The van der Waals surface area contributed by atoms with Gasteiger partial charge in [0.25, 0.3) is 5.56 Å². The second-order valence-electron chi connectivity index (χ2n) is 6.40. The standard InChI is InChI=1S/C21H18N4O3/c26-17(22-11-14-7-3-1-4-8-14)13-25-20(27)19-18(24-21(25)28)16(12-23-19)15-9-5-2-6-10-15/h1-10,12,23H,11,13H2,(H,22,26)(H,24,28). The highest BCUT2D eigenvalue weighted by Gasteiger charge is 2.15. The lowest BCUT2D eigenvalue weighted by Crippen LogP contribution is -2.40. The molecule has 0 aliphatic heterocycles. The molecule has 1 amide bonds. The molecule has 2 heterocycles. The fourth-order valence-electron chi connectivity index (χ4n) is 3.11. The molecule has 7 heteroatoms. The van der Waals surface area contributed by atoms with Gasteiger partial charge in [-0.2, -0.15) is 0 Å². The third kappa shape index (κ3) is 3.37. The molecule has 0 bridgehead atoms. The molecule has 0 spiro atoms. The lowest BCUT2D eigenvalue weighted by molar-refractivity contribution is -0.121. The Hall–Kier alpha value is -3.87. The average molecular weight is 374 g/mol. The number of fused-ring (bicyclic) bond motifs is 1. The van der Waals surface area contributed by atoms with E-state index in [0.717, 1.165) is 21.3 Å². The van der Waals surface area contributed by atoms with E-state index < -0.39 is 17.2 Å². The number of amides is 1. The molecule has 0 aliphatic carbocycles. The van der Waals surface area contributed by atoms with Crippen molar-refractivity contribution in [1.29, 1.82) is 0 Å². The van der Waals surface area contributed by atoms with Crippen LogP contribution in [0.3, 0.4) is 0 Å². The van der Waals surface area contributed by atoms with Gasteiger partial charge in [-0.1, -0.05) is 60.7 Å². The minimum absolute atomic E-state index is 0.259. The predicted molar refractivity (Wildman–Crippen MR) is 107 cm³/mol. The van der Waals surface area contributed by atoms with Gasteiger partial charge in [-0.3, -0.25) is 9.59 Å². The van der Waals surface area contributed by atoms with Crippen molar-refractivity contribution in [3.63, 3.8) is 0 Å². The fourth-order valence-corrected chi connectivity index (χ4v) is 3.11. The van der Waals surface area contributed by atoms with Crippen LogP contribution in [0.2, 0.25) is 0 Å². The summed E-state index contributed by atoms with van der Waals surface area (Å²) in [7, 11) is 0. The Morgan fingerprint density at radius 3 is 2.32 bits per heavy atom. The molecule has 4 rings (SSSR count). The highest BCUT2D eigenvalue weighted by Crippen LogP contribution is 2.24. The molecule has 2 aromatic heterocycles. The Bertz CT molecular complexity index is 1240. The molecule has 0 fully saturated rings. The maximum absolute atomic E-state index is 12.7. The first kappa shape index (κ1) is 17.5. The zero-order chi connectivity index (χ0) is 19.5. The number of hydrogen-bond acceptors (Lipinski definition) is 3. The normalized spacial score (nSPS) is 10.9. The fraction of sp³-hybridized carbons (Fsp3) is 0.0952.